The van der Waals surface area contributed by atoms with Crippen molar-refractivity contribution < 1.29 is 23.9 Å². The summed E-state index contributed by atoms with van der Waals surface area (Å²) in [5, 5.41) is 0. The number of esters is 1. The standard InChI is InChI=1S/C16H22BrNO5/c1-16(2,3)23-15(21)18-8-9(5-13(19)22-4)11-6-10(18)7-12(17)14(11)20/h7,9-11H,5-6,8H2,1-4H3/t9-,10+,11+/m1/s1. The van der Waals surface area contributed by atoms with Crippen LogP contribution in [0.3, 0.4) is 0 Å². The molecule has 3 atom stereocenters. The summed E-state index contributed by atoms with van der Waals surface area (Å²) in [6.07, 6.45) is 1.94. The molecule has 7 heteroatoms. The minimum atomic E-state index is -0.600. The number of hydrogen-bond donors (Lipinski definition) is 0. The molecule has 23 heavy (non-hydrogen) atoms. The molecule has 0 saturated carbocycles. The first kappa shape index (κ1) is 18.0. The Morgan fingerprint density at radius 1 is 1.39 bits per heavy atom. The second-order valence-corrected chi connectivity index (χ2v) is 7.82. The van der Waals surface area contributed by atoms with Crippen LogP contribution in [0.15, 0.2) is 10.6 Å². The van der Waals surface area contributed by atoms with Crippen molar-refractivity contribution in [1.82, 2.24) is 4.90 Å². The number of fused-ring (bicyclic) bond motifs is 2. The molecule has 128 valence electrons. The van der Waals surface area contributed by atoms with Gasteiger partial charge in [0.15, 0.2) is 5.78 Å². The average Bonchev–Trinajstić information content (AvgIpc) is 2.44. The molecule has 0 unspecified atom stereocenters. The Bertz CT molecular complexity index is 551. The van der Waals surface area contributed by atoms with Gasteiger partial charge in [-0.2, -0.15) is 0 Å². The zero-order valence-electron chi connectivity index (χ0n) is 13.8. The molecule has 0 aromatic heterocycles. The normalized spacial score (nSPS) is 27.3. The molecule has 0 aromatic carbocycles. The third-order valence-corrected chi connectivity index (χ3v) is 4.75. The van der Waals surface area contributed by atoms with Crippen LogP contribution in [0, 0.1) is 11.8 Å². The number of hydrogen-bond acceptors (Lipinski definition) is 5. The number of likely N-dealkylation sites (tertiary alicyclic amines) is 1. The number of nitrogens with zero attached hydrogens (tertiary/aromatic N) is 1. The Kier molecular flexibility index (Phi) is 5.18. The largest absolute Gasteiger partial charge is 0.469 e. The number of carbonyl (C=O) groups excluding carboxylic acids is 3. The maximum atomic E-state index is 12.5. The molecular formula is C16H22BrNO5. The molecule has 1 saturated heterocycles. The summed E-state index contributed by atoms with van der Waals surface area (Å²) in [7, 11) is 1.32. The predicted molar refractivity (Wildman–Crippen MR) is 87.0 cm³/mol. The molecule has 0 spiro atoms. The summed E-state index contributed by atoms with van der Waals surface area (Å²) in [5.41, 5.74) is -0.600. The molecule has 1 heterocycles. The summed E-state index contributed by atoms with van der Waals surface area (Å²) in [5.74, 6) is -0.938. The summed E-state index contributed by atoms with van der Waals surface area (Å²) in [4.78, 5) is 38.0. The lowest BCUT2D eigenvalue weighted by molar-refractivity contribution is -0.143. The number of halogens is 1. The van der Waals surface area contributed by atoms with Crippen LogP contribution in [0.5, 0.6) is 0 Å². The van der Waals surface area contributed by atoms with Crippen LogP contribution >= 0.6 is 15.9 Å². The summed E-state index contributed by atoms with van der Waals surface area (Å²) in [6, 6.07) is -0.198. The van der Waals surface area contributed by atoms with Gasteiger partial charge in [-0.15, -0.1) is 0 Å². The molecule has 0 N–H and O–H groups in total. The van der Waals surface area contributed by atoms with Crippen molar-refractivity contribution in [3.8, 4) is 0 Å². The topological polar surface area (TPSA) is 72.9 Å². The molecule has 2 rings (SSSR count). The maximum Gasteiger partial charge on any atom is 0.410 e. The summed E-state index contributed by atoms with van der Waals surface area (Å²) < 4.78 is 10.6. The van der Waals surface area contributed by atoms with Crippen molar-refractivity contribution in [2.45, 2.75) is 45.3 Å². The van der Waals surface area contributed by atoms with Gasteiger partial charge in [-0.25, -0.2) is 4.79 Å². The zero-order chi connectivity index (χ0) is 17.4. The SMILES string of the molecule is COC(=O)C[C@@H]1CN(C(=O)OC(C)(C)C)[C@@H]2C=C(Br)C(=O)[C@H]1C2. The Morgan fingerprint density at radius 3 is 2.61 bits per heavy atom. The van der Waals surface area contributed by atoms with Crippen LogP contribution in [0.4, 0.5) is 4.79 Å². The van der Waals surface area contributed by atoms with E-state index in [9.17, 15) is 14.4 Å². The summed E-state index contributed by atoms with van der Waals surface area (Å²) >= 11 is 3.27. The predicted octanol–water partition coefficient (Wildman–Crippen LogP) is 2.65. The minimum absolute atomic E-state index is 0.0148. The number of piperidine rings is 1. The number of rotatable bonds is 2. The van der Waals surface area contributed by atoms with Crippen molar-refractivity contribution in [2.24, 2.45) is 11.8 Å². The Labute approximate surface area is 144 Å². The number of ether oxygens (including phenoxy) is 2. The molecule has 0 radical (unpaired) electrons. The highest BCUT2D eigenvalue weighted by molar-refractivity contribution is 9.12. The van der Waals surface area contributed by atoms with Gasteiger partial charge in [-0.1, -0.05) is 0 Å². The van der Waals surface area contributed by atoms with Crippen LogP contribution in [-0.2, 0) is 19.1 Å². The highest BCUT2D eigenvalue weighted by atomic mass is 79.9. The van der Waals surface area contributed by atoms with Gasteiger partial charge in [0, 0.05) is 12.5 Å². The van der Waals surface area contributed by atoms with E-state index >= 15 is 0 Å². The van der Waals surface area contributed by atoms with Crippen LogP contribution in [0.1, 0.15) is 33.6 Å². The van der Waals surface area contributed by atoms with Gasteiger partial charge in [-0.3, -0.25) is 9.59 Å². The number of ketones is 1. The first-order chi connectivity index (χ1) is 10.6. The van der Waals surface area contributed by atoms with E-state index in [1.807, 2.05) is 0 Å². The number of amides is 1. The number of allylic oxidation sites excluding steroid dienone is 1. The lowest BCUT2D eigenvalue weighted by Gasteiger charge is -2.44. The third kappa shape index (κ3) is 4.13. The van der Waals surface area contributed by atoms with Crippen molar-refractivity contribution in [3.05, 3.63) is 10.6 Å². The highest BCUT2D eigenvalue weighted by Gasteiger charge is 2.45. The van der Waals surface area contributed by atoms with Crippen molar-refractivity contribution in [2.75, 3.05) is 13.7 Å². The second-order valence-electron chi connectivity index (χ2n) is 6.96. The average molecular weight is 388 g/mol. The van der Waals surface area contributed by atoms with Crippen molar-refractivity contribution in [3.63, 3.8) is 0 Å². The van der Waals surface area contributed by atoms with E-state index < -0.39 is 11.7 Å². The first-order valence-electron chi connectivity index (χ1n) is 7.60. The van der Waals surface area contributed by atoms with Gasteiger partial charge in [0.05, 0.1) is 24.1 Å². The number of methoxy groups -OCH3 is 1. The lowest BCUT2D eigenvalue weighted by atomic mass is 9.74. The second kappa shape index (κ2) is 6.63. The fraction of sp³-hybridized carbons (Fsp3) is 0.688. The van der Waals surface area contributed by atoms with Crippen LogP contribution < -0.4 is 0 Å². The molecule has 1 aliphatic heterocycles. The van der Waals surface area contributed by atoms with E-state index in [4.69, 9.17) is 9.47 Å². The number of Topliss-reactive ketones (excluding diaryl/α,β-unsaturated/α-hetero) is 1. The molecule has 1 amide bonds. The molecule has 2 aliphatic rings. The quantitative estimate of drug-likeness (QED) is 0.680. The van der Waals surface area contributed by atoms with Crippen molar-refractivity contribution >= 4 is 33.8 Å². The molecule has 0 aromatic rings. The maximum absolute atomic E-state index is 12.5. The van der Waals surface area contributed by atoms with Gasteiger partial charge in [0.25, 0.3) is 0 Å². The van der Waals surface area contributed by atoms with Crippen LogP contribution in [-0.4, -0.2) is 48.0 Å². The van der Waals surface area contributed by atoms with E-state index in [2.05, 4.69) is 15.9 Å². The Hall–Kier alpha value is -1.37. The molecule has 6 nitrogen and oxygen atoms in total. The van der Waals surface area contributed by atoms with Gasteiger partial charge in [0.1, 0.15) is 5.60 Å². The van der Waals surface area contributed by atoms with Gasteiger partial charge < -0.3 is 14.4 Å². The van der Waals surface area contributed by atoms with E-state index in [0.29, 0.717) is 17.4 Å². The Balaban J connectivity index is 2.24. The van der Waals surface area contributed by atoms with E-state index in [-0.39, 0.29) is 36.1 Å². The first-order valence-corrected chi connectivity index (χ1v) is 8.39. The fourth-order valence-corrected chi connectivity index (χ4v) is 3.64. The Morgan fingerprint density at radius 2 is 2.04 bits per heavy atom. The third-order valence-electron chi connectivity index (χ3n) is 4.09. The minimum Gasteiger partial charge on any atom is -0.469 e. The van der Waals surface area contributed by atoms with Crippen LogP contribution in [0.25, 0.3) is 0 Å². The smallest absolute Gasteiger partial charge is 0.410 e. The van der Waals surface area contributed by atoms with Crippen molar-refractivity contribution in [1.29, 1.82) is 0 Å². The van der Waals surface area contributed by atoms with E-state index in [1.165, 1.54) is 7.11 Å². The highest BCUT2D eigenvalue weighted by Crippen LogP contribution is 2.39. The fourth-order valence-electron chi connectivity index (χ4n) is 3.04. The number of carbonyl (C=O) groups is 3. The zero-order valence-corrected chi connectivity index (χ0v) is 15.4. The van der Waals surface area contributed by atoms with Gasteiger partial charge in [0.2, 0.25) is 0 Å². The molecule has 2 bridgehead atoms. The molecule has 1 fully saturated rings. The van der Waals surface area contributed by atoms with Gasteiger partial charge >= 0.3 is 12.1 Å². The summed E-state index contributed by atoms with van der Waals surface area (Å²) in [6.45, 7) is 5.72. The lowest BCUT2D eigenvalue weighted by Crippen LogP contribution is -2.54. The molecular weight excluding hydrogens is 366 g/mol. The molecule has 1 aliphatic carbocycles. The van der Waals surface area contributed by atoms with Crippen LogP contribution in [0.2, 0.25) is 0 Å². The monoisotopic (exact) mass is 387 g/mol. The van der Waals surface area contributed by atoms with E-state index in [0.717, 1.165) is 0 Å². The van der Waals surface area contributed by atoms with E-state index in [1.54, 1.807) is 31.7 Å². The van der Waals surface area contributed by atoms with Gasteiger partial charge in [-0.05, 0) is 55.1 Å².